The lowest BCUT2D eigenvalue weighted by Gasteiger charge is -2.03. The Labute approximate surface area is 140 Å². The maximum absolute atomic E-state index is 12.2. The van der Waals surface area contributed by atoms with E-state index in [-0.39, 0.29) is 17.6 Å². The molecule has 0 atom stereocenters. The van der Waals surface area contributed by atoms with Crippen molar-refractivity contribution in [3.8, 4) is 0 Å². The molecule has 0 bridgehead atoms. The quantitative estimate of drug-likeness (QED) is 0.656. The molecule has 5 heteroatoms. The van der Waals surface area contributed by atoms with E-state index >= 15 is 0 Å². The van der Waals surface area contributed by atoms with Gasteiger partial charge < -0.3 is 10.6 Å². The van der Waals surface area contributed by atoms with Crippen LogP contribution in [0, 0.1) is 0 Å². The third-order valence-electron chi connectivity index (χ3n) is 3.29. The van der Waals surface area contributed by atoms with Crippen LogP contribution in [0.4, 0.5) is 5.69 Å². The van der Waals surface area contributed by atoms with Gasteiger partial charge in [-0.25, -0.2) is 0 Å². The van der Waals surface area contributed by atoms with E-state index in [2.05, 4.69) is 10.6 Å². The summed E-state index contributed by atoms with van der Waals surface area (Å²) in [6, 6.07) is 13.7. The number of amides is 2. The van der Waals surface area contributed by atoms with E-state index in [1.807, 2.05) is 0 Å². The lowest BCUT2D eigenvalue weighted by molar-refractivity contribution is -0.114. The van der Waals surface area contributed by atoms with Gasteiger partial charge in [0, 0.05) is 30.8 Å². The molecule has 2 aromatic rings. The van der Waals surface area contributed by atoms with Gasteiger partial charge in [0.25, 0.3) is 5.91 Å². The Morgan fingerprint density at radius 3 is 2.29 bits per heavy atom. The second-order valence-electron chi connectivity index (χ2n) is 5.16. The minimum Gasteiger partial charge on any atom is -0.355 e. The first-order valence-corrected chi connectivity index (χ1v) is 7.42. The predicted octanol–water partition coefficient (Wildman–Crippen LogP) is 2.90. The van der Waals surface area contributed by atoms with Crippen molar-refractivity contribution in [3.05, 3.63) is 71.3 Å². The molecule has 0 saturated carbocycles. The van der Waals surface area contributed by atoms with Crippen LogP contribution in [0.3, 0.4) is 0 Å². The summed E-state index contributed by atoms with van der Waals surface area (Å²) in [4.78, 5) is 34.7. The summed E-state index contributed by atoms with van der Waals surface area (Å²) in [6.07, 6.45) is 3.14. The van der Waals surface area contributed by atoms with Gasteiger partial charge in [0.15, 0.2) is 5.78 Å². The second-order valence-corrected chi connectivity index (χ2v) is 5.16. The molecule has 0 aromatic heterocycles. The van der Waals surface area contributed by atoms with Crippen molar-refractivity contribution < 1.29 is 14.4 Å². The fourth-order valence-corrected chi connectivity index (χ4v) is 2.11. The average Bonchev–Trinajstić information content (AvgIpc) is 2.59. The number of ketones is 1. The fraction of sp³-hybridized carbons (Fsp3) is 0.105. The third kappa shape index (κ3) is 4.64. The van der Waals surface area contributed by atoms with Crippen LogP contribution in [0.15, 0.2) is 54.6 Å². The number of benzene rings is 2. The van der Waals surface area contributed by atoms with E-state index in [4.69, 9.17) is 0 Å². The molecule has 0 unspecified atom stereocenters. The lowest BCUT2D eigenvalue weighted by Crippen LogP contribution is -2.17. The van der Waals surface area contributed by atoms with Gasteiger partial charge in [0.2, 0.25) is 5.91 Å². The summed E-state index contributed by atoms with van der Waals surface area (Å²) in [6.45, 7) is 1.41. The summed E-state index contributed by atoms with van der Waals surface area (Å²) < 4.78 is 0. The van der Waals surface area contributed by atoms with Crippen LogP contribution >= 0.6 is 0 Å². The Morgan fingerprint density at radius 2 is 1.67 bits per heavy atom. The minimum absolute atomic E-state index is 0.156. The number of nitrogens with one attached hydrogen (secondary N) is 2. The third-order valence-corrected chi connectivity index (χ3v) is 3.29. The van der Waals surface area contributed by atoms with Crippen molar-refractivity contribution >= 4 is 29.4 Å². The van der Waals surface area contributed by atoms with Crippen molar-refractivity contribution in [2.45, 2.75) is 6.92 Å². The van der Waals surface area contributed by atoms with Gasteiger partial charge in [-0.2, -0.15) is 0 Å². The Kier molecular flexibility index (Phi) is 5.63. The molecule has 2 aromatic carbocycles. The van der Waals surface area contributed by atoms with Crippen LogP contribution in [-0.4, -0.2) is 24.6 Å². The number of carbonyl (C=O) groups is 3. The molecule has 2 N–H and O–H groups in total. The van der Waals surface area contributed by atoms with Crippen molar-refractivity contribution in [3.63, 3.8) is 0 Å². The highest BCUT2D eigenvalue weighted by molar-refractivity contribution is 6.07. The van der Waals surface area contributed by atoms with Gasteiger partial charge in [0.1, 0.15) is 0 Å². The van der Waals surface area contributed by atoms with Crippen molar-refractivity contribution in [1.29, 1.82) is 0 Å². The van der Waals surface area contributed by atoms with E-state index in [1.165, 1.54) is 13.0 Å². The topological polar surface area (TPSA) is 75.3 Å². The molecule has 0 aliphatic carbocycles. The van der Waals surface area contributed by atoms with E-state index in [9.17, 15) is 14.4 Å². The van der Waals surface area contributed by atoms with Crippen LogP contribution in [0.1, 0.15) is 33.2 Å². The summed E-state index contributed by atoms with van der Waals surface area (Å²) in [5, 5.41) is 5.19. The number of hydrogen-bond acceptors (Lipinski definition) is 3. The average molecular weight is 322 g/mol. The van der Waals surface area contributed by atoms with E-state index in [0.717, 1.165) is 5.56 Å². The first kappa shape index (κ1) is 17.1. The highest BCUT2D eigenvalue weighted by atomic mass is 16.2. The van der Waals surface area contributed by atoms with Gasteiger partial charge in [-0.15, -0.1) is 0 Å². The zero-order valence-electron chi connectivity index (χ0n) is 13.5. The number of anilines is 1. The molecule has 5 nitrogen and oxygen atoms in total. The Hall–Kier alpha value is -3.21. The van der Waals surface area contributed by atoms with Crippen LogP contribution < -0.4 is 10.6 Å². The SMILES string of the molecule is CNC(=O)c1ccc(C=CC(=O)c2cccc(NC(C)=O)c2)cc1. The fourth-order valence-electron chi connectivity index (χ4n) is 2.11. The number of allylic oxidation sites excluding steroid dienone is 1. The highest BCUT2D eigenvalue weighted by Crippen LogP contribution is 2.13. The number of hydrogen-bond donors (Lipinski definition) is 2. The van der Waals surface area contributed by atoms with Crippen molar-refractivity contribution in [1.82, 2.24) is 5.32 Å². The van der Waals surface area contributed by atoms with Crippen molar-refractivity contribution in [2.75, 3.05) is 12.4 Å². The Morgan fingerprint density at radius 1 is 0.958 bits per heavy atom. The van der Waals surface area contributed by atoms with Crippen LogP contribution in [0.5, 0.6) is 0 Å². The summed E-state index contributed by atoms with van der Waals surface area (Å²) in [7, 11) is 1.57. The lowest BCUT2D eigenvalue weighted by atomic mass is 10.1. The van der Waals surface area contributed by atoms with Crippen LogP contribution in [-0.2, 0) is 4.79 Å². The maximum Gasteiger partial charge on any atom is 0.251 e. The van der Waals surface area contributed by atoms with Gasteiger partial charge in [-0.05, 0) is 35.9 Å². The summed E-state index contributed by atoms with van der Waals surface area (Å²) in [5.41, 5.74) is 2.44. The summed E-state index contributed by atoms with van der Waals surface area (Å²) in [5.74, 6) is -0.514. The molecule has 0 saturated heterocycles. The molecule has 2 rings (SSSR count). The molecular formula is C19H18N2O3. The highest BCUT2D eigenvalue weighted by Gasteiger charge is 2.04. The van der Waals surface area contributed by atoms with Gasteiger partial charge in [-0.3, -0.25) is 14.4 Å². The van der Waals surface area contributed by atoms with E-state index in [1.54, 1.807) is 61.7 Å². The monoisotopic (exact) mass is 322 g/mol. The first-order chi connectivity index (χ1) is 11.5. The summed E-state index contributed by atoms with van der Waals surface area (Å²) >= 11 is 0. The molecule has 24 heavy (non-hydrogen) atoms. The molecule has 0 radical (unpaired) electrons. The molecule has 122 valence electrons. The second kappa shape index (κ2) is 7.87. The van der Waals surface area contributed by atoms with E-state index < -0.39 is 0 Å². The van der Waals surface area contributed by atoms with Gasteiger partial charge in [0.05, 0.1) is 0 Å². The smallest absolute Gasteiger partial charge is 0.251 e. The van der Waals surface area contributed by atoms with Crippen molar-refractivity contribution in [2.24, 2.45) is 0 Å². The minimum atomic E-state index is -0.189. The van der Waals surface area contributed by atoms with Gasteiger partial charge >= 0.3 is 0 Å². The maximum atomic E-state index is 12.2. The Bertz CT molecular complexity index is 793. The molecule has 0 spiro atoms. The molecule has 0 aliphatic rings. The standard InChI is InChI=1S/C19H18N2O3/c1-13(22)21-17-5-3-4-16(12-17)18(23)11-8-14-6-9-15(10-7-14)19(24)20-2/h3-12H,1-2H3,(H,20,24)(H,21,22). The predicted molar refractivity (Wildman–Crippen MR) is 93.9 cm³/mol. The van der Waals surface area contributed by atoms with Crippen LogP contribution in [0.2, 0.25) is 0 Å². The normalized spacial score (nSPS) is 10.4. The zero-order valence-corrected chi connectivity index (χ0v) is 13.5. The molecule has 0 fully saturated rings. The van der Waals surface area contributed by atoms with Gasteiger partial charge in [-0.1, -0.05) is 30.3 Å². The zero-order chi connectivity index (χ0) is 17.5. The molecular weight excluding hydrogens is 304 g/mol. The molecule has 0 heterocycles. The molecule has 2 amide bonds. The van der Waals surface area contributed by atoms with E-state index in [0.29, 0.717) is 16.8 Å². The Balaban J connectivity index is 2.10. The van der Waals surface area contributed by atoms with Crippen LogP contribution in [0.25, 0.3) is 6.08 Å². The number of carbonyl (C=O) groups excluding carboxylic acids is 3. The first-order valence-electron chi connectivity index (χ1n) is 7.42. The number of rotatable bonds is 5. The molecule has 0 aliphatic heterocycles. The largest absolute Gasteiger partial charge is 0.355 e.